The van der Waals surface area contributed by atoms with Crippen molar-refractivity contribution in [3.8, 4) is 23.0 Å². The molecule has 0 aliphatic rings. The molecule has 0 amide bonds. The highest BCUT2D eigenvalue weighted by Gasteiger charge is 2.04. The van der Waals surface area contributed by atoms with E-state index in [2.05, 4.69) is 13.8 Å². The van der Waals surface area contributed by atoms with Crippen molar-refractivity contribution in [3.63, 3.8) is 0 Å². The normalized spacial score (nSPS) is 10.6. The van der Waals surface area contributed by atoms with E-state index in [0.717, 1.165) is 0 Å². The molecule has 0 unspecified atom stereocenters. The third-order valence-electron chi connectivity index (χ3n) is 2.73. The maximum absolute atomic E-state index is 9.37. The number of rotatable bonds is 3. The first-order valence-electron chi connectivity index (χ1n) is 5.86. The Labute approximate surface area is 106 Å². The Morgan fingerprint density at radius 1 is 0.833 bits per heavy atom. The highest BCUT2D eigenvalue weighted by Crippen LogP contribution is 2.31. The van der Waals surface area contributed by atoms with Crippen molar-refractivity contribution in [2.24, 2.45) is 0 Å². The summed E-state index contributed by atoms with van der Waals surface area (Å²) in [6.45, 7) is 4.27. The van der Waals surface area contributed by atoms with Gasteiger partial charge in [0.25, 0.3) is 0 Å². The maximum Gasteiger partial charge on any atom is 0.161 e. The lowest BCUT2D eigenvalue weighted by molar-refractivity contribution is 0.398. The van der Waals surface area contributed by atoms with E-state index >= 15 is 0 Å². The highest BCUT2D eigenvalue weighted by molar-refractivity contribution is 5.45. The molecule has 0 aliphatic carbocycles. The Kier molecular flexibility index (Phi) is 3.42. The van der Waals surface area contributed by atoms with Gasteiger partial charge in [-0.25, -0.2) is 0 Å². The smallest absolute Gasteiger partial charge is 0.161 e. The van der Waals surface area contributed by atoms with Crippen molar-refractivity contribution < 1.29 is 14.9 Å². The topological polar surface area (TPSA) is 49.7 Å². The summed E-state index contributed by atoms with van der Waals surface area (Å²) in [5.74, 6) is 1.33. The van der Waals surface area contributed by atoms with Crippen molar-refractivity contribution >= 4 is 0 Å². The molecule has 0 radical (unpaired) electrons. The monoisotopic (exact) mass is 244 g/mol. The van der Waals surface area contributed by atoms with Crippen LogP contribution in [-0.2, 0) is 0 Å². The van der Waals surface area contributed by atoms with Crippen LogP contribution in [0.2, 0.25) is 0 Å². The zero-order valence-electron chi connectivity index (χ0n) is 10.4. The van der Waals surface area contributed by atoms with Gasteiger partial charge in [0, 0.05) is 6.07 Å². The molecule has 0 fully saturated rings. The lowest BCUT2D eigenvalue weighted by Gasteiger charge is -2.09. The summed E-state index contributed by atoms with van der Waals surface area (Å²) < 4.78 is 5.58. The van der Waals surface area contributed by atoms with Gasteiger partial charge in [-0.1, -0.05) is 26.0 Å². The van der Waals surface area contributed by atoms with E-state index in [9.17, 15) is 10.2 Å². The largest absolute Gasteiger partial charge is 0.504 e. The summed E-state index contributed by atoms with van der Waals surface area (Å²) in [6.07, 6.45) is 0. The first kappa shape index (κ1) is 12.3. The Morgan fingerprint density at radius 2 is 1.44 bits per heavy atom. The lowest BCUT2D eigenvalue weighted by atomic mass is 10.0. The van der Waals surface area contributed by atoms with Crippen LogP contribution in [-0.4, -0.2) is 10.2 Å². The number of hydrogen-bond donors (Lipinski definition) is 2. The standard InChI is InChI=1S/C15H16O3/c1-10(2)11-3-5-12(6-4-11)18-13-7-8-14(16)15(17)9-13/h3-10,16-17H,1-2H3. The molecule has 0 spiro atoms. The van der Waals surface area contributed by atoms with Crippen molar-refractivity contribution in [1.29, 1.82) is 0 Å². The minimum Gasteiger partial charge on any atom is -0.504 e. The third-order valence-corrected chi connectivity index (χ3v) is 2.73. The number of phenols is 2. The van der Waals surface area contributed by atoms with E-state index in [1.54, 1.807) is 6.07 Å². The summed E-state index contributed by atoms with van der Waals surface area (Å²) in [7, 11) is 0. The first-order chi connectivity index (χ1) is 8.56. The molecule has 18 heavy (non-hydrogen) atoms. The predicted molar refractivity (Wildman–Crippen MR) is 70.4 cm³/mol. The molecular weight excluding hydrogens is 228 g/mol. The molecule has 3 nitrogen and oxygen atoms in total. The van der Waals surface area contributed by atoms with E-state index in [4.69, 9.17) is 4.74 Å². The van der Waals surface area contributed by atoms with Crippen LogP contribution in [0.5, 0.6) is 23.0 Å². The highest BCUT2D eigenvalue weighted by atomic mass is 16.5. The molecule has 94 valence electrons. The number of aromatic hydroxyl groups is 2. The first-order valence-corrected chi connectivity index (χ1v) is 5.86. The SMILES string of the molecule is CC(C)c1ccc(Oc2ccc(O)c(O)c2)cc1. The van der Waals surface area contributed by atoms with Crippen LogP contribution in [0.3, 0.4) is 0 Å². The van der Waals surface area contributed by atoms with Gasteiger partial charge in [0.15, 0.2) is 11.5 Å². The van der Waals surface area contributed by atoms with Gasteiger partial charge in [-0.2, -0.15) is 0 Å². The number of phenolic OH excluding ortho intramolecular Hbond substituents is 2. The Hall–Kier alpha value is -2.16. The molecular formula is C15H16O3. The van der Waals surface area contributed by atoms with Gasteiger partial charge in [0.1, 0.15) is 11.5 Å². The molecule has 0 atom stereocenters. The molecule has 2 rings (SSSR count). The predicted octanol–water partition coefficient (Wildman–Crippen LogP) is 4.01. The van der Waals surface area contributed by atoms with Gasteiger partial charge in [-0.3, -0.25) is 0 Å². The summed E-state index contributed by atoms with van der Waals surface area (Å²) >= 11 is 0. The Morgan fingerprint density at radius 3 is 2.00 bits per heavy atom. The molecule has 0 aliphatic heterocycles. The van der Waals surface area contributed by atoms with Gasteiger partial charge in [0.05, 0.1) is 0 Å². The van der Waals surface area contributed by atoms with E-state index in [0.29, 0.717) is 17.4 Å². The van der Waals surface area contributed by atoms with Crippen molar-refractivity contribution in [2.75, 3.05) is 0 Å². The van der Waals surface area contributed by atoms with Gasteiger partial charge < -0.3 is 14.9 Å². The van der Waals surface area contributed by atoms with Crippen LogP contribution >= 0.6 is 0 Å². The zero-order valence-corrected chi connectivity index (χ0v) is 10.4. The molecule has 0 bridgehead atoms. The second kappa shape index (κ2) is 5.00. The third kappa shape index (κ3) is 2.74. The Bertz CT molecular complexity index is 530. The average Bonchev–Trinajstić information content (AvgIpc) is 2.34. The molecule has 0 aromatic heterocycles. The minimum atomic E-state index is -0.189. The van der Waals surface area contributed by atoms with Crippen molar-refractivity contribution in [3.05, 3.63) is 48.0 Å². The molecule has 0 heterocycles. The summed E-state index contributed by atoms with van der Waals surface area (Å²) in [5, 5.41) is 18.6. The fraction of sp³-hybridized carbons (Fsp3) is 0.200. The molecule has 2 aromatic rings. The van der Waals surface area contributed by atoms with Crippen LogP contribution in [0.25, 0.3) is 0 Å². The van der Waals surface area contributed by atoms with Gasteiger partial charge in [-0.15, -0.1) is 0 Å². The van der Waals surface area contributed by atoms with Gasteiger partial charge >= 0.3 is 0 Å². The maximum atomic E-state index is 9.37. The number of ether oxygens (including phenoxy) is 1. The van der Waals surface area contributed by atoms with Crippen LogP contribution in [0, 0.1) is 0 Å². The fourth-order valence-corrected chi connectivity index (χ4v) is 1.62. The van der Waals surface area contributed by atoms with Gasteiger partial charge in [0.2, 0.25) is 0 Å². The van der Waals surface area contributed by atoms with E-state index in [-0.39, 0.29) is 11.5 Å². The van der Waals surface area contributed by atoms with Crippen molar-refractivity contribution in [2.45, 2.75) is 19.8 Å². The molecule has 3 heteroatoms. The zero-order chi connectivity index (χ0) is 13.1. The van der Waals surface area contributed by atoms with Crippen LogP contribution < -0.4 is 4.74 Å². The quantitative estimate of drug-likeness (QED) is 0.802. The number of hydrogen-bond acceptors (Lipinski definition) is 3. The fourth-order valence-electron chi connectivity index (χ4n) is 1.62. The van der Waals surface area contributed by atoms with E-state index in [1.165, 1.54) is 17.7 Å². The summed E-state index contributed by atoms with van der Waals surface area (Å²) in [4.78, 5) is 0. The minimum absolute atomic E-state index is 0.155. The van der Waals surface area contributed by atoms with Crippen LogP contribution in [0.15, 0.2) is 42.5 Å². The molecule has 2 aromatic carbocycles. The van der Waals surface area contributed by atoms with E-state index in [1.807, 2.05) is 24.3 Å². The second-order valence-electron chi connectivity index (χ2n) is 4.48. The molecule has 2 N–H and O–H groups in total. The van der Waals surface area contributed by atoms with Gasteiger partial charge in [-0.05, 0) is 35.7 Å². The Balaban J connectivity index is 2.15. The number of benzene rings is 2. The second-order valence-corrected chi connectivity index (χ2v) is 4.48. The summed E-state index contributed by atoms with van der Waals surface area (Å²) in [5.41, 5.74) is 1.25. The lowest BCUT2D eigenvalue weighted by Crippen LogP contribution is -1.88. The molecule has 0 saturated carbocycles. The van der Waals surface area contributed by atoms with Crippen LogP contribution in [0.1, 0.15) is 25.3 Å². The van der Waals surface area contributed by atoms with Crippen molar-refractivity contribution in [1.82, 2.24) is 0 Å². The molecule has 0 saturated heterocycles. The average molecular weight is 244 g/mol. The summed E-state index contributed by atoms with van der Waals surface area (Å²) in [6, 6.07) is 12.2. The van der Waals surface area contributed by atoms with Crippen LogP contribution in [0.4, 0.5) is 0 Å². The van der Waals surface area contributed by atoms with E-state index < -0.39 is 0 Å².